The summed E-state index contributed by atoms with van der Waals surface area (Å²) in [6.45, 7) is 2.12. The van der Waals surface area contributed by atoms with Gasteiger partial charge >= 0.3 is 0 Å². The van der Waals surface area contributed by atoms with Gasteiger partial charge in [0, 0.05) is 38.1 Å². The standard InChI is InChI=1S/C22H25N5O3/c1-16(28)24-20(18-3-5-19(30-2)6-4-18)15-22(29)25-21-10-14-27(26-21)13-9-17-7-11-23-12-8-17/h3-8,10-12,14,20H,9,13,15H2,1-2H3,(H,24,28)(H,25,26,29). The number of carbonyl (C=O) groups excluding carboxylic acids is 2. The maximum atomic E-state index is 12.5. The van der Waals surface area contributed by atoms with Crippen molar-refractivity contribution in [2.75, 3.05) is 12.4 Å². The third-order valence-corrected chi connectivity index (χ3v) is 4.57. The molecule has 8 nitrogen and oxygen atoms in total. The highest BCUT2D eigenvalue weighted by molar-refractivity contribution is 5.90. The van der Waals surface area contributed by atoms with Gasteiger partial charge in [0.25, 0.3) is 0 Å². The van der Waals surface area contributed by atoms with Gasteiger partial charge in [-0.05, 0) is 41.8 Å². The molecular weight excluding hydrogens is 382 g/mol. The van der Waals surface area contributed by atoms with Gasteiger partial charge in [-0.15, -0.1) is 0 Å². The number of methoxy groups -OCH3 is 1. The molecule has 0 spiro atoms. The van der Waals surface area contributed by atoms with Crippen LogP contribution in [-0.4, -0.2) is 33.7 Å². The monoisotopic (exact) mass is 407 g/mol. The van der Waals surface area contributed by atoms with E-state index in [0.717, 1.165) is 12.0 Å². The third-order valence-electron chi connectivity index (χ3n) is 4.57. The first kappa shape index (κ1) is 21.0. The molecule has 0 saturated heterocycles. The minimum atomic E-state index is -0.442. The molecule has 0 bridgehead atoms. The van der Waals surface area contributed by atoms with Crippen LogP contribution < -0.4 is 15.4 Å². The number of aryl methyl sites for hydroxylation is 2. The summed E-state index contributed by atoms with van der Waals surface area (Å²) in [5.74, 6) is 0.751. The van der Waals surface area contributed by atoms with Crippen molar-refractivity contribution in [3.63, 3.8) is 0 Å². The molecule has 2 heterocycles. The molecule has 2 aromatic heterocycles. The van der Waals surface area contributed by atoms with Crippen LogP contribution in [0.3, 0.4) is 0 Å². The maximum absolute atomic E-state index is 12.5. The van der Waals surface area contributed by atoms with Gasteiger partial charge in [-0.2, -0.15) is 5.10 Å². The summed E-state index contributed by atoms with van der Waals surface area (Å²) < 4.78 is 6.94. The average molecular weight is 407 g/mol. The van der Waals surface area contributed by atoms with E-state index < -0.39 is 6.04 Å². The number of rotatable bonds is 9. The fourth-order valence-electron chi connectivity index (χ4n) is 3.06. The van der Waals surface area contributed by atoms with E-state index in [2.05, 4.69) is 20.7 Å². The Balaban J connectivity index is 1.58. The van der Waals surface area contributed by atoms with Crippen LogP contribution >= 0.6 is 0 Å². The molecule has 3 rings (SSSR count). The van der Waals surface area contributed by atoms with Crippen molar-refractivity contribution in [2.24, 2.45) is 0 Å². The number of nitrogens with one attached hydrogen (secondary N) is 2. The minimum Gasteiger partial charge on any atom is -0.497 e. The lowest BCUT2D eigenvalue weighted by molar-refractivity contribution is -0.120. The molecule has 2 N–H and O–H groups in total. The number of carbonyl (C=O) groups is 2. The number of benzene rings is 1. The molecule has 1 atom stereocenters. The van der Waals surface area contributed by atoms with E-state index in [-0.39, 0.29) is 18.2 Å². The Kier molecular flexibility index (Phi) is 7.15. The minimum absolute atomic E-state index is 0.0930. The predicted molar refractivity (Wildman–Crippen MR) is 113 cm³/mol. The van der Waals surface area contributed by atoms with E-state index in [1.807, 2.05) is 30.5 Å². The van der Waals surface area contributed by atoms with Gasteiger partial charge < -0.3 is 15.4 Å². The van der Waals surface area contributed by atoms with Crippen molar-refractivity contribution in [2.45, 2.75) is 32.4 Å². The van der Waals surface area contributed by atoms with E-state index in [1.54, 1.807) is 42.4 Å². The fraction of sp³-hybridized carbons (Fsp3) is 0.273. The Bertz CT molecular complexity index is 970. The summed E-state index contributed by atoms with van der Waals surface area (Å²) in [6.07, 6.45) is 6.26. The average Bonchev–Trinajstić information content (AvgIpc) is 3.19. The van der Waals surface area contributed by atoms with Crippen LogP contribution in [0.25, 0.3) is 0 Å². The summed E-state index contributed by atoms with van der Waals surface area (Å²) in [6, 6.07) is 12.5. The number of amides is 2. The molecule has 30 heavy (non-hydrogen) atoms. The molecule has 3 aromatic rings. The van der Waals surface area contributed by atoms with Gasteiger partial charge in [-0.25, -0.2) is 0 Å². The van der Waals surface area contributed by atoms with Gasteiger partial charge in [0.05, 0.1) is 19.6 Å². The van der Waals surface area contributed by atoms with Gasteiger partial charge in [0.2, 0.25) is 11.8 Å². The number of ether oxygens (including phenoxy) is 1. The molecule has 1 unspecified atom stereocenters. The molecule has 0 saturated carbocycles. The highest BCUT2D eigenvalue weighted by Gasteiger charge is 2.18. The SMILES string of the molecule is COc1ccc(C(CC(=O)Nc2ccn(CCc3ccncc3)n2)NC(C)=O)cc1. The first-order chi connectivity index (χ1) is 14.5. The largest absolute Gasteiger partial charge is 0.497 e. The van der Waals surface area contributed by atoms with Gasteiger partial charge in [-0.1, -0.05) is 12.1 Å². The molecule has 0 radical (unpaired) electrons. The van der Waals surface area contributed by atoms with E-state index in [0.29, 0.717) is 18.1 Å². The van der Waals surface area contributed by atoms with Gasteiger partial charge in [0.1, 0.15) is 5.75 Å². The van der Waals surface area contributed by atoms with Crippen LogP contribution in [0.5, 0.6) is 5.75 Å². The van der Waals surface area contributed by atoms with E-state index >= 15 is 0 Å². The lowest BCUT2D eigenvalue weighted by atomic mass is 10.0. The van der Waals surface area contributed by atoms with Crippen LogP contribution in [0.2, 0.25) is 0 Å². The Morgan fingerprint density at radius 3 is 2.50 bits per heavy atom. The van der Waals surface area contributed by atoms with Gasteiger partial charge in [0.15, 0.2) is 5.82 Å². The van der Waals surface area contributed by atoms with Crippen LogP contribution in [0.4, 0.5) is 5.82 Å². The van der Waals surface area contributed by atoms with Crippen LogP contribution in [0, 0.1) is 0 Å². The number of hydrogen-bond donors (Lipinski definition) is 2. The normalized spacial score (nSPS) is 11.5. The number of anilines is 1. The smallest absolute Gasteiger partial charge is 0.227 e. The molecule has 8 heteroatoms. The predicted octanol–water partition coefficient (Wildman–Crippen LogP) is 2.74. The zero-order valence-electron chi connectivity index (χ0n) is 17.0. The Hall–Kier alpha value is -3.68. The highest BCUT2D eigenvalue weighted by atomic mass is 16.5. The quantitative estimate of drug-likeness (QED) is 0.568. The molecule has 0 aliphatic rings. The zero-order chi connectivity index (χ0) is 21.3. The Labute approximate surface area is 175 Å². The second-order valence-electron chi connectivity index (χ2n) is 6.85. The van der Waals surface area contributed by atoms with Crippen molar-refractivity contribution < 1.29 is 14.3 Å². The number of aromatic nitrogens is 3. The molecule has 2 amide bonds. The summed E-state index contributed by atoms with van der Waals surface area (Å²) in [7, 11) is 1.59. The number of hydrogen-bond acceptors (Lipinski definition) is 5. The Morgan fingerprint density at radius 1 is 1.10 bits per heavy atom. The van der Waals surface area contributed by atoms with Crippen molar-refractivity contribution in [3.05, 3.63) is 72.2 Å². The van der Waals surface area contributed by atoms with E-state index in [9.17, 15) is 9.59 Å². The summed E-state index contributed by atoms with van der Waals surface area (Å²) in [5.41, 5.74) is 1.99. The summed E-state index contributed by atoms with van der Waals surface area (Å²) in [5, 5.41) is 10.0. The number of nitrogens with zero attached hydrogens (tertiary/aromatic N) is 3. The lowest BCUT2D eigenvalue weighted by Gasteiger charge is -2.18. The molecule has 1 aromatic carbocycles. The summed E-state index contributed by atoms with van der Waals surface area (Å²) in [4.78, 5) is 28.1. The highest BCUT2D eigenvalue weighted by Crippen LogP contribution is 2.21. The van der Waals surface area contributed by atoms with Crippen molar-refractivity contribution in [1.29, 1.82) is 0 Å². The lowest BCUT2D eigenvalue weighted by Crippen LogP contribution is -2.29. The zero-order valence-corrected chi connectivity index (χ0v) is 17.0. The van der Waals surface area contributed by atoms with E-state index in [4.69, 9.17) is 4.74 Å². The number of pyridine rings is 1. The van der Waals surface area contributed by atoms with Crippen molar-refractivity contribution in [3.8, 4) is 5.75 Å². The van der Waals surface area contributed by atoms with E-state index in [1.165, 1.54) is 12.5 Å². The second kappa shape index (κ2) is 10.2. The second-order valence-corrected chi connectivity index (χ2v) is 6.85. The molecule has 156 valence electrons. The van der Waals surface area contributed by atoms with Crippen LogP contribution in [0.1, 0.15) is 30.5 Å². The third kappa shape index (κ3) is 6.16. The van der Waals surface area contributed by atoms with Crippen molar-refractivity contribution in [1.82, 2.24) is 20.1 Å². The molecular formula is C22H25N5O3. The first-order valence-electron chi connectivity index (χ1n) is 9.67. The van der Waals surface area contributed by atoms with Crippen LogP contribution in [-0.2, 0) is 22.6 Å². The van der Waals surface area contributed by atoms with Crippen LogP contribution in [0.15, 0.2) is 61.1 Å². The molecule has 0 aliphatic heterocycles. The summed E-state index contributed by atoms with van der Waals surface area (Å²) >= 11 is 0. The Morgan fingerprint density at radius 2 is 1.83 bits per heavy atom. The molecule has 0 fully saturated rings. The first-order valence-corrected chi connectivity index (χ1v) is 9.67. The topological polar surface area (TPSA) is 98.1 Å². The maximum Gasteiger partial charge on any atom is 0.227 e. The van der Waals surface area contributed by atoms with Crippen molar-refractivity contribution >= 4 is 17.6 Å². The van der Waals surface area contributed by atoms with Gasteiger partial charge in [-0.3, -0.25) is 19.3 Å². The molecule has 0 aliphatic carbocycles. The fourth-order valence-corrected chi connectivity index (χ4v) is 3.06.